The Morgan fingerprint density at radius 3 is 0.831 bits per heavy atom. The molecule has 0 bridgehead atoms. The molecule has 0 heterocycles. The van der Waals surface area contributed by atoms with Gasteiger partial charge in [-0.25, -0.2) is 0 Å². The highest BCUT2D eigenvalue weighted by Gasteiger charge is 2.19. The zero-order chi connectivity index (χ0) is 43.1. The third kappa shape index (κ3) is 47.3. The van der Waals surface area contributed by atoms with Gasteiger partial charge in [-0.15, -0.1) is 0 Å². The summed E-state index contributed by atoms with van der Waals surface area (Å²) in [4.78, 5) is 37.7. The smallest absolute Gasteiger partial charge is 0.306 e. The summed E-state index contributed by atoms with van der Waals surface area (Å²) in [6.07, 6.45) is 49.8. The predicted molar refractivity (Wildman–Crippen MR) is 252 cm³/mol. The summed E-state index contributed by atoms with van der Waals surface area (Å²) in [6, 6.07) is 0. The maximum atomic E-state index is 12.7. The Bertz CT molecular complexity index is 887. The van der Waals surface area contributed by atoms with Crippen LogP contribution in [0.25, 0.3) is 0 Å². The SMILES string of the molecule is CCCCCCCCCCCCCCCCCCCCC(=O)OC[C@@H](COC(=O)CCCCCCC)OC(=O)CCCCCCCCCCCCCCCCCC(C)C. The fourth-order valence-corrected chi connectivity index (χ4v) is 8.04. The van der Waals surface area contributed by atoms with Crippen molar-refractivity contribution >= 4 is 17.9 Å². The van der Waals surface area contributed by atoms with Crippen LogP contribution in [0.4, 0.5) is 0 Å². The Morgan fingerprint density at radius 2 is 0.559 bits per heavy atom. The van der Waals surface area contributed by atoms with E-state index in [1.165, 1.54) is 186 Å². The standard InChI is InChI=1S/C53H102O6/c1-5-7-9-11-12-13-14-15-16-17-18-21-24-27-30-33-37-41-45-52(55)58-48-50(47-57-51(54)44-40-35-10-8-6-2)59-53(56)46-42-38-34-31-28-25-22-19-20-23-26-29-32-36-39-43-49(3)4/h49-50H,5-48H2,1-4H3/t50-/m1/s1. The van der Waals surface area contributed by atoms with Gasteiger partial charge in [-0.1, -0.05) is 259 Å². The zero-order valence-corrected chi connectivity index (χ0v) is 40.2. The van der Waals surface area contributed by atoms with E-state index in [1.807, 2.05) is 0 Å². The van der Waals surface area contributed by atoms with Crippen LogP contribution in [0.1, 0.15) is 297 Å². The maximum absolute atomic E-state index is 12.7. The Hall–Kier alpha value is -1.59. The molecule has 0 N–H and O–H groups in total. The normalized spacial score (nSPS) is 11.9. The van der Waals surface area contributed by atoms with Crippen molar-refractivity contribution in [3.8, 4) is 0 Å². The first-order chi connectivity index (χ1) is 28.9. The zero-order valence-electron chi connectivity index (χ0n) is 40.2. The molecule has 0 saturated carbocycles. The van der Waals surface area contributed by atoms with Crippen molar-refractivity contribution in [2.24, 2.45) is 5.92 Å². The van der Waals surface area contributed by atoms with E-state index in [2.05, 4.69) is 27.7 Å². The van der Waals surface area contributed by atoms with Gasteiger partial charge in [-0.2, -0.15) is 0 Å². The predicted octanol–water partition coefficient (Wildman–Crippen LogP) is 17.1. The van der Waals surface area contributed by atoms with Crippen LogP contribution in [-0.2, 0) is 28.6 Å². The third-order valence-corrected chi connectivity index (χ3v) is 12.0. The van der Waals surface area contributed by atoms with Gasteiger partial charge in [0.05, 0.1) is 0 Å². The first kappa shape index (κ1) is 57.4. The second-order valence-electron chi connectivity index (χ2n) is 18.6. The summed E-state index contributed by atoms with van der Waals surface area (Å²) in [5.41, 5.74) is 0. The van der Waals surface area contributed by atoms with Gasteiger partial charge in [-0.3, -0.25) is 14.4 Å². The molecule has 6 heteroatoms. The fourth-order valence-electron chi connectivity index (χ4n) is 8.04. The molecule has 0 amide bonds. The van der Waals surface area contributed by atoms with Gasteiger partial charge in [-0.05, 0) is 25.2 Å². The van der Waals surface area contributed by atoms with Crippen molar-refractivity contribution in [1.82, 2.24) is 0 Å². The molecule has 0 rings (SSSR count). The Morgan fingerprint density at radius 1 is 0.322 bits per heavy atom. The first-order valence-corrected chi connectivity index (χ1v) is 26.4. The minimum absolute atomic E-state index is 0.0636. The molecule has 0 radical (unpaired) electrons. The monoisotopic (exact) mass is 835 g/mol. The van der Waals surface area contributed by atoms with Crippen molar-refractivity contribution in [3.05, 3.63) is 0 Å². The molecule has 0 unspecified atom stereocenters. The average Bonchev–Trinajstić information content (AvgIpc) is 3.22. The molecule has 0 aliphatic carbocycles. The molecule has 350 valence electrons. The van der Waals surface area contributed by atoms with Crippen LogP contribution in [0.5, 0.6) is 0 Å². The topological polar surface area (TPSA) is 78.9 Å². The first-order valence-electron chi connectivity index (χ1n) is 26.4. The van der Waals surface area contributed by atoms with E-state index in [1.54, 1.807) is 0 Å². The van der Waals surface area contributed by atoms with E-state index >= 15 is 0 Å². The van der Waals surface area contributed by atoms with Crippen molar-refractivity contribution in [2.45, 2.75) is 303 Å². The number of carbonyl (C=O) groups excluding carboxylic acids is 3. The Balaban J connectivity index is 4.08. The van der Waals surface area contributed by atoms with E-state index in [0.717, 1.165) is 70.1 Å². The summed E-state index contributed by atoms with van der Waals surface area (Å²) in [6.45, 7) is 8.97. The van der Waals surface area contributed by atoms with Gasteiger partial charge in [0.1, 0.15) is 13.2 Å². The molecule has 59 heavy (non-hydrogen) atoms. The third-order valence-electron chi connectivity index (χ3n) is 12.0. The lowest BCUT2D eigenvalue weighted by atomic mass is 10.0. The highest BCUT2D eigenvalue weighted by atomic mass is 16.6. The molecule has 1 atom stereocenters. The van der Waals surface area contributed by atoms with Gasteiger partial charge < -0.3 is 14.2 Å². The van der Waals surface area contributed by atoms with E-state index in [9.17, 15) is 14.4 Å². The fraction of sp³-hybridized carbons (Fsp3) is 0.943. The quantitative estimate of drug-likeness (QED) is 0.0345. The lowest BCUT2D eigenvalue weighted by molar-refractivity contribution is -0.167. The van der Waals surface area contributed by atoms with Crippen LogP contribution in [0.3, 0.4) is 0 Å². The minimum atomic E-state index is -0.759. The van der Waals surface area contributed by atoms with Crippen LogP contribution in [0.2, 0.25) is 0 Å². The van der Waals surface area contributed by atoms with Crippen molar-refractivity contribution in [1.29, 1.82) is 0 Å². The van der Waals surface area contributed by atoms with Crippen LogP contribution in [-0.4, -0.2) is 37.2 Å². The highest BCUT2D eigenvalue weighted by molar-refractivity contribution is 5.71. The van der Waals surface area contributed by atoms with Gasteiger partial charge in [0.2, 0.25) is 0 Å². The number of hydrogen-bond acceptors (Lipinski definition) is 6. The summed E-state index contributed by atoms with van der Waals surface area (Å²) in [5, 5.41) is 0. The van der Waals surface area contributed by atoms with Crippen LogP contribution >= 0.6 is 0 Å². The van der Waals surface area contributed by atoms with Gasteiger partial charge in [0.25, 0.3) is 0 Å². The molecule has 0 aromatic heterocycles. The molecule has 0 spiro atoms. The number of carbonyl (C=O) groups is 3. The second kappa shape index (κ2) is 47.5. The summed E-state index contributed by atoms with van der Waals surface area (Å²) >= 11 is 0. The average molecular weight is 835 g/mol. The Labute approximate surface area is 368 Å². The second-order valence-corrected chi connectivity index (χ2v) is 18.6. The molecule has 6 nitrogen and oxygen atoms in total. The highest BCUT2D eigenvalue weighted by Crippen LogP contribution is 2.17. The van der Waals surface area contributed by atoms with Gasteiger partial charge >= 0.3 is 17.9 Å². The van der Waals surface area contributed by atoms with Gasteiger partial charge in [0.15, 0.2) is 6.10 Å². The molecular weight excluding hydrogens is 733 g/mol. The molecule has 0 fully saturated rings. The molecule has 0 saturated heterocycles. The summed E-state index contributed by atoms with van der Waals surface area (Å²) in [7, 11) is 0. The van der Waals surface area contributed by atoms with E-state index in [0.29, 0.717) is 19.3 Å². The van der Waals surface area contributed by atoms with Crippen molar-refractivity contribution in [2.75, 3.05) is 13.2 Å². The Kier molecular flexibility index (Phi) is 46.2. The summed E-state index contributed by atoms with van der Waals surface area (Å²) in [5.74, 6) is -0.00992. The van der Waals surface area contributed by atoms with E-state index in [-0.39, 0.29) is 31.1 Å². The number of hydrogen-bond donors (Lipinski definition) is 0. The number of unbranched alkanes of at least 4 members (excludes halogenated alkanes) is 35. The van der Waals surface area contributed by atoms with Crippen LogP contribution in [0.15, 0.2) is 0 Å². The molecule has 0 aliphatic rings. The molecule has 0 aromatic rings. The number of ether oxygens (including phenoxy) is 3. The minimum Gasteiger partial charge on any atom is -0.462 e. The number of esters is 3. The van der Waals surface area contributed by atoms with Crippen molar-refractivity contribution < 1.29 is 28.6 Å². The van der Waals surface area contributed by atoms with Crippen LogP contribution < -0.4 is 0 Å². The van der Waals surface area contributed by atoms with E-state index < -0.39 is 6.10 Å². The van der Waals surface area contributed by atoms with Gasteiger partial charge in [0, 0.05) is 19.3 Å². The largest absolute Gasteiger partial charge is 0.462 e. The molecule has 0 aromatic carbocycles. The molecular formula is C53H102O6. The molecule has 0 aliphatic heterocycles. The lowest BCUT2D eigenvalue weighted by Crippen LogP contribution is -2.30. The maximum Gasteiger partial charge on any atom is 0.306 e. The van der Waals surface area contributed by atoms with E-state index in [4.69, 9.17) is 14.2 Å². The van der Waals surface area contributed by atoms with Crippen molar-refractivity contribution in [3.63, 3.8) is 0 Å². The van der Waals surface area contributed by atoms with Crippen LogP contribution in [0, 0.1) is 5.92 Å². The number of rotatable bonds is 48. The summed E-state index contributed by atoms with van der Waals surface area (Å²) < 4.78 is 16.7. The lowest BCUT2D eigenvalue weighted by Gasteiger charge is -2.18.